The average Bonchev–Trinajstić information content (AvgIpc) is 2.45. The molecule has 1 aromatic carbocycles. The van der Waals surface area contributed by atoms with Gasteiger partial charge in [-0.05, 0) is 29.4 Å². The fourth-order valence-corrected chi connectivity index (χ4v) is 3.31. The largest absolute Gasteiger partial charge is 0.370 e. The van der Waals surface area contributed by atoms with E-state index in [2.05, 4.69) is 53.3 Å². The Bertz CT molecular complexity index is 479. The second-order valence-corrected chi connectivity index (χ2v) is 6.37. The molecule has 1 fully saturated rings. The van der Waals surface area contributed by atoms with Crippen LogP contribution in [0.4, 0.5) is 0 Å². The highest BCUT2D eigenvalue weighted by molar-refractivity contribution is 14.0. The van der Waals surface area contributed by atoms with Crippen molar-refractivity contribution in [1.82, 2.24) is 10.2 Å². The predicted octanol–water partition coefficient (Wildman–Crippen LogP) is 2.82. The summed E-state index contributed by atoms with van der Waals surface area (Å²) in [4.78, 5) is 6.52. The van der Waals surface area contributed by atoms with Gasteiger partial charge in [-0.2, -0.15) is 0 Å². The summed E-state index contributed by atoms with van der Waals surface area (Å²) >= 11 is 0. The van der Waals surface area contributed by atoms with E-state index < -0.39 is 0 Å². The van der Waals surface area contributed by atoms with Crippen LogP contribution >= 0.6 is 24.0 Å². The maximum Gasteiger partial charge on any atom is 0.188 e. The molecule has 22 heavy (non-hydrogen) atoms. The van der Waals surface area contributed by atoms with Gasteiger partial charge in [-0.3, -0.25) is 9.89 Å². The Labute approximate surface area is 151 Å². The Kier molecular flexibility index (Phi) is 8.17. The summed E-state index contributed by atoms with van der Waals surface area (Å²) < 4.78 is 0. The molecule has 4 nitrogen and oxygen atoms in total. The minimum absolute atomic E-state index is 0. The molecule has 0 bridgehead atoms. The van der Waals surface area contributed by atoms with Gasteiger partial charge >= 0.3 is 0 Å². The molecular formula is C17H29IN4. The van der Waals surface area contributed by atoms with Crippen LogP contribution in [0.25, 0.3) is 0 Å². The Morgan fingerprint density at radius 1 is 1.23 bits per heavy atom. The van der Waals surface area contributed by atoms with E-state index in [9.17, 15) is 0 Å². The second kappa shape index (κ2) is 9.35. The maximum absolute atomic E-state index is 5.72. The maximum atomic E-state index is 5.72. The van der Waals surface area contributed by atoms with E-state index in [1.54, 1.807) is 7.05 Å². The zero-order chi connectivity index (χ0) is 15.2. The summed E-state index contributed by atoms with van der Waals surface area (Å²) in [5.41, 5.74) is 8.41. The van der Waals surface area contributed by atoms with Crippen molar-refractivity contribution < 1.29 is 0 Å². The third-order valence-electron chi connectivity index (χ3n) is 4.16. The number of nitrogens with one attached hydrogen (secondary N) is 1. The summed E-state index contributed by atoms with van der Waals surface area (Å²) in [6.07, 6.45) is 1.35. The number of likely N-dealkylation sites (tertiary alicyclic amines) is 1. The molecule has 1 aromatic rings. The lowest BCUT2D eigenvalue weighted by molar-refractivity contribution is 0.134. The van der Waals surface area contributed by atoms with Crippen LogP contribution in [0.15, 0.2) is 29.3 Å². The zero-order valence-electron chi connectivity index (χ0n) is 13.9. The first-order valence-electron chi connectivity index (χ1n) is 7.83. The van der Waals surface area contributed by atoms with Gasteiger partial charge in [0.15, 0.2) is 5.96 Å². The van der Waals surface area contributed by atoms with Crippen LogP contribution in [0.5, 0.6) is 0 Å². The number of nitrogens with two attached hydrogens (primary N) is 1. The van der Waals surface area contributed by atoms with Crippen LogP contribution in [-0.2, 0) is 13.1 Å². The molecule has 0 spiro atoms. The third kappa shape index (κ3) is 5.76. The van der Waals surface area contributed by atoms with Crippen LogP contribution in [0.2, 0.25) is 0 Å². The van der Waals surface area contributed by atoms with E-state index in [1.165, 1.54) is 30.6 Å². The summed E-state index contributed by atoms with van der Waals surface area (Å²) in [5, 5.41) is 3.15. The lowest BCUT2D eigenvalue weighted by Gasteiger charge is -2.35. The van der Waals surface area contributed by atoms with Crippen molar-refractivity contribution in [2.45, 2.75) is 33.4 Å². The Balaban J connectivity index is 0.00000242. The Morgan fingerprint density at radius 2 is 1.82 bits per heavy atom. The standard InChI is InChI=1S/C17H28N4.HI/c1-13-8-14(2)11-21(10-13)12-16-7-5-4-6-15(16)9-20-17(18)19-3;/h4-7,13-14H,8-12H2,1-3H3,(H3,18,19,20);1H. The van der Waals surface area contributed by atoms with Crippen LogP contribution in [0, 0.1) is 11.8 Å². The molecule has 2 rings (SSSR count). The van der Waals surface area contributed by atoms with Gasteiger partial charge in [-0.15, -0.1) is 24.0 Å². The van der Waals surface area contributed by atoms with Gasteiger partial charge in [-0.25, -0.2) is 0 Å². The van der Waals surface area contributed by atoms with E-state index in [-0.39, 0.29) is 24.0 Å². The van der Waals surface area contributed by atoms with E-state index >= 15 is 0 Å². The molecule has 0 amide bonds. The van der Waals surface area contributed by atoms with Gasteiger partial charge in [0, 0.05) is 33.2 Å². The molecule has 124 valence electrons. The first-order chi connectivity index (χ1) is 10.1. The highest BCUT2D eigenvalue weighted by atomic mass is 127. The normalized spacial score (nSPS) is 23.0. The van der Waals surface area contributed by atoms with Crippen molar-refractivity contribution in [3.63, 3.8) is 0 Å². The molecule has 0 saturated carbocycles. The van der Waals surface area contributed by atoms with E-state index in [1.807, 2.05) is 0 Å². The summed E-state index contributed by atoms with van der Waals surface area (Å²) in [6.45, 7) is 8.87. The van der Waals surface area contributed by atoms with Gasteiger partial charge in [0.2, 0.25) is 0 Å². The molecule has 1 heterocycles. The molecular weight excluding hydrogens is 387 g/mol. The summed E-state index contributed by atoms with van der Waals surface area (Å²) in [5.74, 6) is 2.08. The van der Waals surface area contributed by atoms with Gasteiger partial charge in [0.1, 0.15) is 0 Å². The number of benzene rings is 1. The number of rotatable bonds is 4. The molecule has 0 radical (unpaired) electrons. The zero-order valence-corrected chi connectivity index (χ0v) is 16.2. The molecule has 1 aliphatic rings. The lowest BCUT2D eigenvalue weighted by atomic mass is 9.91. The quantitative estimate of drug-likeness (QED) is 0.451. The highest BCUT2D eigenvalue weighted by Crippen LogP contribution is 2.23. The monoisotopic (exact) mass is 416 g/mol. The number of nitrogens with zero attached hydrogens (tertiary/aromatic N) is 2. The summed E-state index contributed by atoms with van der Waals surface area (Å²) in [6, 6.07) is 8.59. The molecule has 2 atom stereocenters. The Hall–Kier alpha value is -0.820. The molecule has 5 heteroatoms. The van der Waals surface area contributed by atoms with Gasteiger partial charge < -0.3 is 11.1 Å². The highest BCUT2D eigenvalue weighted by Gasteiger charge is 2.22. The van der Waals surface area contributed by atoms with Crippen molar-refractivity contribution in [2.24, 2.45) is 22.6 Å². The Morgan fingerprint density at radius 3 is 2.41 bits per heavy atom. The number of aliphatic imine (C=N–C) groups is 1. The molecule has 0 aliphatic carbocycles. The van der Waals surface area contributed by atoms with Crippen LogP contribution < -0.4 is 11.1 Å². The average molecular weight is 416 g/mol. The van der Waals surface area contributed by atoms with Crippen LogP contribution in [0.1, 0.15) is 31.4 Å². The van der Waals surface area contributed by atoms with Crippen LogP contribution in [0.3, 0.4) is 0 Å². The van der Waals surface area contributed by atoms with E-state index in [0.717, 1.165) is 24.9 Å². The summed E-state index contributed by atoms with van der Waals surface area (Å²) in [7, 11) is 1.70. The van der Waals surface area contributed by atoms with Crippen molar-refractivity contribution >= 4 is 29.9 Å². The lowest BCUT2D eigenvalue weighted by Crippen LogP contribution is -2.38. The molecule has 2 unspecified atom stereocenters. The molecule has 1 saturated heterocycles. The smallest absolute Gasteiger partial charge is 0.188 e. The minimum Gasteiger partial charge on any atom is -0.370 e. The van der Waals surface area contributed by atoms with Crippen molar-refractivity contribution in [3.05, 3.63) is 35.4 Å². The van der Waals surface area contributed by atoms with Crippen molar-refractivity contribution in [1.29, 1.82) is 0 Å². The minimum atomic E-state index is 0. The van der Waals surface area contributed by atoms with Gasteiger partial charge in [-0.1, -0.05) is 38.1 Å². The van der Waals surface area contributed by atoms with E-state index in [0.29, 0.717) is 5.96 Å². The first kappa shape index (κ1) is 19.2. The van der Waals surface area contributed by atoms with Gasteiger partial charge in [0.05, 0.1) is 0 Å². The topological polar surface area (TPSA) is 53.6 Å². The third-order valence-corrected chi connectivity index (χ3v) is 4.16. The predicted molar refractivity (Wildman–Crippen MR) is 104 cm³/mol. The first-order valence-corrected chi connectivity index (χ1v) is 7.83. The molecule has 3 N–H and O–H groups in total. The molecule has 1 aliphatic heterocycles. The van der Waals surface area contributed by atoms with Crippen LogP contribution in [-0.4, -0.2) is 31.0 Å². The number of halogens is 1. The molecule has 0 aromatic heterocycles. The number of guanidine groups is 1. The fraction of sp³-hybridized carbons (Fsp3) is 0.588. The second-order valence-electron chi connectivity index (χ2n) is 6.37. The number of hydrogen-bond acceptors (Lipinski definition) is 2. The van der Waals surface area contributed by atoms with Crippen molar-refractivity contribution in [2.75, 3.05) is 20.1 Å². The number of piperidine rings is 1. The SMILES string of the molecule is CN=C(N)NCc1ccccc1CN1CC(C)CC(C)C1.I. The van der Waals surface area contributed by atoms with Gasteiger partial charge in [0.25, 0.3) is 0 Å². The van der Waals surface area contributed by atoms with E-state index in [4.69, 9.17) is 5.73 Å². The number of hydrogen-bond donors (Lipinski definition) is 2. The van der Waals surface area contributed by atoms with Crippen molar-refractivity contribution in [3.8, 4) is 0 Å². The fourth-order valence-electron chi connectivity index (χ4n) is 3.31.